The van der Waals surface area contributed by atoms with Gasteiger partial charge >= 0.3 is 5.97 Å². The van der Waals surface area contributed by atoms with Gasteiger partial charge in [-0.1, -0.05) is 17.7 Å². The van der Waals surface area contributed by atoms with Crippen molar-refractivity contribution in [3.05, 3.63) is 47.2 Å². The summed E-state index contributed by atoms with van der Waals surface area (Å²) >= 11 is 0. The van der Waals surface area contributed by atoms with Crippen LogP contribution in [0.25, 0.3) is 23.0 Å². The molecule has 1 N–H and O–H groups in total. The van der Waals surface area contributed by atoms with Gasteiger partial charge in [-0.15, -0.1) is 10.2 Å². The summed E-state index contributed by atoms with van der Waals surface area (Å²) in [7, 11) is 0. The van der Waals surface area contributed by atoms with Crippen LogP contribution in [0.4, 0.5) is 0 Å². The van der Waals surface area contributed by atoms with Crippen molar-refractivity contribution in [1.29, 1.82) is 0 Å². The Balaban J connectivity index is 2.03. The highest BCUT2D eigenvalue weighted by molar-refractivity contribution is 5.69. The standard InChI is InChI=1S/C17H17N3O3/c1-10-4-6-13(7-5-10)16-18-19-17(23-16)15-11(2)8-12(3)20(15)9-14(21)22/h4-8H,9H2,1-3H3,(H,21,22). The summed E-state index contributed by atoms with van der Waals surface area (Å²) in [4.78, 5) is 11.1. The Morgan fingerprint density at radius 1 is 1.13 bits per heavy atom. The Hall–Kier alpha value is -2.89. The van der Waals surface area contributed by atoms with Crippen LogP contribution in [0.5, 0.6) is 0 Å². The van der Waals surface area contributed by atoms with E-state index in [0.29, 0.717) is 17.5 Å². The lowest BCUT2D eigenvalue weighted by Crippen LogP contribution is -2.11. The van der Waals surface area contributed by atoms with Gasteiger partial charge in [-0.2, -0.15) is 0 Å². The topological polar surface area (TPSA) is 81.2 Å². The molecule has 0 aliphatic carbocycles. The lowest BCUT2D eigenvalue weighted by Gasteiger charge is -2.06. The maximum absolute atomic E-state index is 11.1. The van der Waals surface area contributed by atoms with Gasteiger partial charge in [0.05, 0.1) is 0 Å². The zero-order chi connectivity index (χ0) is 16.6. The first-order valence-electron chi connectivity index (χ1n) is 7.25. The molecule has 118 valence electrons. The van der Waals surface area contributed by atoms with Crippen molar-refractivity contribution in [3.63, 3.8) is 0 Å². The van der Waals surface area contributed by atoms with Gasteiger partial charge in [-0.05, 0) is 44.5 Å². The molecule has 0 spiro atoms. The molecule has 0 saturated carbocycles. The summed E-state index contributed by atoms with van der Waals surface area (Å²) in [6.45, 7) is 5.62. The van der Waals surface area contributed by atoms with Gasteiger partial charge in [0.2, 0.25) is 5.89 Å². The molecule has 1 aromatic carbocycles. The maximum atomic E-state index is 11.1. The van der Waals surface area contributed by atoms with E-state index in [1.807, 2.05) is 51.1 Å². The molecule has 0 fully saturated rings. The number of nitrogens with zero attached hydrogens (tertiary/aromatic N) is 3. The number of rotatable bonds is 4. The quantitative estimate of drug-likeness (QED) is 0.800. The van der Waals surface area contributed by atoms with Crippen LogP contribution in [0.1, 0.15) is 16.8 Å². The number of benzene rings is 1. The highest BCUT2D eigenvalue weighted by Gasteiger charge is 2.19. The fourth-order valence-corrected chi connectivity index (χ4v) is 2.60. The fraction of sp³-hybridized carbons (Fsp3) is 0.235. The van der Waals surface area contributed by atoms with Gasteiger partial charge in [-0.25, -0.2) is 0 Å². The van der Waals surface area contributed by atoms with Crippen LogP contribution in [0, 0.1) is 20.8 Å². The van der Waals surface area contributed by atoms with Crippen molar-refractivity contribution >= 4 is 5.97 Å². The molecule has 6 nitrogen and oxygen atoms in total. The summed E-state index contributed by atoms with van der Waals surface area (Å²) in [5, 5.41) is 17.3. The molecule has 0 aliphatic rings. The zero-order valence-corrected chi connectivity index (χ0v) is 13.2. The minimum Gasteiger partial charge on any atom is -0.480 e. The van der Waals surface area contributed by atoms with Crippen LogP contribution in [-0.4, -0.2) is 25.8 Å². The molecule has 2 aromatic heterocycles. The third-order valence-corrected chi connectivity index (χ3v) is 3.71. The van der Waals surface area contributed by atoms with Crippen LogP contribution in [-0.2, 0) is 11.3 Å². The number of carboxylic acids is 1. The van der Waals surface area contributed by atoms with Crippen molar-refractivity contribution in [2.75, 3.05) is 0 Å². The first-order chi connectivity index (χ1) is 11.0. The first-order valence-corrected chi connectivity index (χ1v) is 7.25. The number of carboxylic acid groups (broad SMARTS) is 1. The van der Waals surface area contributed by atoms with Crippen molar-refractivity contribution in [2.24, 2.45) is 0 Å². The number of hydrogen-bond donors (Lipinski definition) is 1. The zero-order valence-electron chi connectivity index (χ0n) is 13.2. The summed E-state index contributed by atoms with van der Waals surface area (Å²) in [6, 6.07) is 9.69. The van der Waals surface area contributed by atoms with Gasteiger partial charge in [0.1, 0.15) is 12.2 Å². The summed E-state index contributed by atoms with van der Waals surface area (Å²) in [5.74, 6) is -0.171. The van der Waals surface area contributed by atoms with Gasteiger partial charge in [0.25, 0.3) is 5.89 Å². The lowest BCUT2D eigenvalue weighted by molar-refractivity contribution is -0.137. The smallest absolute Gasteiger partial charge is 0.323 e. The first kappa shape index (κ1) is 15.0. The molecule has 3 rings (SSSR count). The highest BCUT2D eigenvalue weighted by atomic mass is 16.4. The van der Waals surface area contributed by atoms with E-state index in [1.165, 1.54) is 0 Å². The van der Waals surface area contributed by atoms with Gasteiger partial charge < -0.3 is 14.1 Å². The Morgan fingerprint density at radius 3 is 2.43 bits per heavy atom. The Labute approximate surface area is 133 Å². The molecule has 6 heteroatoms. The second-order valence-corrected chi connectivity index (χ2v) is 5.58. The molecule has 0 radical (unpaired) electrons. The van der Waals surface area contributed by atoms with Crippen LogP contribution < -0.4 is 0 Å². The minimum absolute atomic E-state index is 0.142. The summed E-state index contributed by atoms with van der Waals surface area (Å²) < 4.78 is 7.45. The largest absolute Gasteiger partial charge is 0.480 e. The second kappa shape index (κ2) is 5.72. The Bertz CT molecular complexity index is 860. The van der Waals surface area contributed by atoms with E-state index in [9.17, 15) is 4.79 Å². The molecule has 0 aliphatic heterocycles. The van der Waals surface area contributed by atoms with Gasteiger partial charge in [-0.3, -0.25) is 4.79 Å². The maximum Gasteiger partial charge on any atom is 0.323 e. The highest BCUT2D eigenvalue weighted by Crippen LogP contribution is 2.28. The average Bonchev–Trinajstić information content (AvgIpc) is 3.05. The molecular formula is C17H17N3O3. The van der Waals surface area contributed by atoms with E-state index in [1.54, 1.807) is 4.57 Å². The van der Waals surface area contributed by atoms with Crippen molar-refractivity contribution in [1.82, 2.24) is 14.8 Å². The van der Waals surface area contributed by atoms with E-state index < -0.39 is 5.97 Å². The molecule has 0 bridgehead atoms. The third-order valence-electron chi connectivity index (χ3n) is 3.71. The van der Waals surface area contributed by atoms with Crippen LogP contribution in [0.3, 0.4) is 0 Å². The van der Waals surface area contributed by atoms with E-state index >= 15 is 0 Å². The SMILES string of the molecule is Cc1ccc(-c2nnc(-c3c(C)cc(C)n3CC(=O)O)o2)cc1. The summed E-state index contributed by atoms with van der Waals surface area (Å²) in [5.41, 5.74) is 4.38. The van der Waals surface area contributed by atoms with E-state index in [2.05, 4.69) is 10.2 Å². The fourth-order valence-electron chi connectivity index (χ4n) is 2.60. The second-order valence-electron chi connectivity index (χ2n) is 5.58. The Morgan fingerprint density at radius 2 is 1.78 bits per heavy atom. The van der Waals surface area contributed by atoms with Crippen LogP contribution in [0.15, 0.2) is 34.7 Å². The van der Waals surface area contributed by atoms with Crippen molar-refractivity contribution in [2.45, 2.75) is 27.3 Å². The predicted molar refractivity (Wildman–Crippen MR) is 85.0 cm³/mol. The van der Waals surface area contributed by atoms with E-state index in [4.69, 9.17) is 9.52 Å². The van der Waals surface area contributed by atoms with E-state index in [0.717, 1.165) is 22.4 Å². The molecule has 0 amide bonds. The number of hydrogen-bond acceptors (Lipinski definition) is 4. The molecular weight excluding hydrogens is 294 g/mol. The molecule has 3 aromatic rings. The lowest BCUT2D eigenvalue weighted by atomic mass is 10.1. The summed E-state index contributed by atoms with van der Waals surface area (Å²) in [6.07, 6.45) is 0. The third kappa shape index (κ3) is 2.88. The number of aryl methyl sites for hydroxylation is 3. The number of aliphatic carboxylic acids is 1. The van der Waals surface area contributed by atoms with E-state index in [-0.39, 0.29) is 6.54 Å². The molecule has 23 heavy (non-hydrogen) atoms. The number of aromatic nitrogens is 3. The molecule has 0 saturated heterocycles. The normalized spacial score (nSPS) is 10.9. The minimum atomic E-state index is -0.914. The van der Waals surface area contributed by atoms with Crippen LogP contribution >= 0.6 is 0 Å². The molecule has 0 atom stereocenters. The monoisotopic (exact) mass is 311 g/mol. The Kier molecular flexibility index (Phi) is 3.73. The van der Waals surface area contributed by atoms with Crippen LogP contribution in [0.2, 0.25) is 0 Å². The molecule has 0 unspecified atom stereocenters. The van der Waals surface area contributed by atoms with Gasteiger partial charge in [0, 0.05) is 11.3 Å². The van der Waals surface area contributed by atoms with Gasteiger partial charge in [0.15, 0.2) is 0 Å². The van der Waals surface area contributed by atoms with Crippen molar-refractivity contribution in [3.8, 4) is 23.0 Å². The van der Waals surface area contributed by atoms with Crippen molar-refractivity contribution < 1.29 is 14.3 Å². The number of carbonyl (C=O) groups is 1. The average molecular weight is 311 g/mol. The predicted octanol–water partition coefficient (Wildman–Crippen LogP) is 3.21. The molecule has 2 heterocycles.